The van der Waals surface area contributed by atoms with Gasteiger partial charge in [-0.2, -0.15) is 0 Å². The Labute approximate surface area is 68.5 Å². The van der Waals surface area contributed by atoms with Gasteiger partial charge in [-0.1, -0.05) is 25.7 Å². The van der Waals surface area contributed by atoms with E-state index in [0.29, 0.717) is 5.92 Å². The van der Waals surface area contributed by atoms with E-state index < -0.39 is 0 Å². The highest BCUT2D eigenvalue weighted by Crippen LogP contribution is 2.21. The van der Waals surface area contributed by atoms with Crippen molar-refractivity contribution in [1.82, 2.24) is 5.32 Å². The van der Waals surface area contributed by atoms with E-state index in [9.17, 15) is 0 Å². The molecule has 0 bridgehead atoms. The molecular formula is C10H15N. The summed E-state index contributed by atoms with van der Waals surface area (Å²) >= 11 is 0. The Morgan fingerprint density at radius 1 is 1.64 bits per heavy atom. The van der Waals surface area contributed by atoms with Crippen LogP contribution in [0, 0.1) is 5.92 Å². The molecule has 1 aliphatic rings. The number of hydrogen-bond acceptors (Lipinski definition) is 1. The van der Waals surface area contributed by atoms with Gasteiger partial charge in [0.1, 0.15) is 0 Å². The first-order chi connectivity index (χ1) is 5.29. The predicted octanol–water partition coefficient (Wildman–Crippen LogP) is 2.24. The lowest BCUT2D eigenvalue weighted by molar-refractivity contribution is 0.703. The molecule has 0 spiro atoms. The molecule has 60 valence electrons. The number of allylic oxidation sites excluding steroid dienone is 3. The lowest BCUT2D eigenvalue weighted by atomic mass is 10.0. The molecule has 1 aliphatic heterocycles. The normalized spacial score (nSPS) is 24.4. The maximum atomic E-state index is 3.76. The molecule has 0 amide bonds. The molecule has 1 nitrogen and oxygen atoms in total. The van der Waals surface area contributed by atoms with Gasteiger partial charge in [-0.3, -0.25) is 0 Å². The number of hydrogen-bond donors (Lipinski definition) is 1. The van der Waals surface area contributed by atoms with E-state index in [1.807, 2.05) is 13.0 Å². The molecule has 1 heterocycles. The fourth-order valence-corrected chi connectivity index (χ4v) is 1.36. The SMILES string of the molecule is C=CC1=C(/C=C\C)C(C)CN1. The van der Waals surface area contributed by atoms with Gasteiger partial charge in [-0.15, -0.1) is 0 Å². The van der Waals surface area contributed by atoms with Crippen molar-refractivity contribution < 1.29 is 0 Å². The van der Waals surface area contributed by atoms with Crippen LogP contribution in [0.1, 0.15) is 13.8 Å². The zero-order valence-corrected chi connectivity index (χ0v) is 7.22. The van der Waals surface area contributed by atoms with Crippen molar-refractivity contribution in [1.29, 1.82) is 0 Å². The molecule has 1 rings (SSSR count). The van der Waals surface area contributed by atoms with E-state index in [-0.39, 0.29) is 0 Å². The van der Waals surface area contributed by atoms with Crippen molar-refractivity contribution in [2.75, 3.05) is 6.54 Å². The van der Waals surface area contributed by atoms with Crippen molar-refractivity contribution in [3.05, 3.63) is 36.1 Å². The topological polar surface area (TPSA) is 12.0 Å². The average molecular weight is 149 g/mol. The highest BCUT2D eigenvalue weighted by Gasteiger charge is 2.16. The predicted molar refractivity (Wildman–Crippen MR) is 49.2 cm³/mol. The molecule has 1 atom stereocenters. The van der Waals surface area contributed by atoms with Crippen molar-refractivity contribution in [2.45, 2.75) is 13.8 Å². The van der Waals surface area contributed by atoms with Crippen LogP contribution in [0.15, 0.2) is 36.1 Å². The zero-order valence-electron chi connectivity index (χ0n) is 7.22. The van der Waals surface area contributed by atoms with Crippen molar-refractivity contribution in [2.24, 2.45) is 5.92 Å². The number of rotatable bonds is 2. The molecule has 0 radical (unpaired) electrons. The molecule has 0 aromatic heterocycles. The summed E-state index contributed by atoms with van der Waals surface area (Å²) in [5, 5.41) is 3.30. The van der Waals surface area contributed by atoms with Crippen LogP contribution in [0.3, 0.4) is 0 Å². The van der Waals surface area contributed by atoms with Gasteiger partial charge in [0.2, 0.25) is 0 Å². The average Bonchev–Trinajstić information content (AvgIpc) is 2.34. The maximum Gasteiger partial charge on any atom is 0.0370 e. The van der Waals surface area contributed by atoms with Crippen LogP contribution >= 0.6 is 0 Å². The van der Waals surface area contributed by atoms with E-state index in [1.165, 1.54) is 11.3 Å². The van der Waals surface area contributed by atoms with Crippen molar-refractivity contribution >= 4 is 0 Å². The zero-order chi connectivity index (χ0) is 8.27. The van der Waals surface area contributed by atoms with Gasteiger partial charge in [-0.25, -0.2) is 0 Å². The molecule has 0 saturated carbocycles. The summed E-state index contributed by atoms with van der Waals surface area (Å²) in [7, 11) is 0. The monoisotopic (exact) mass is 149 g/mol. The van der Waals surface area contributed by atoms with Crippen LogP contribution in [0.4, 0.5) is 0 Å². The minimum Gasteiger partial charge on any atom is -0.384 e. The van der Waals surface area contributed by atoms with E-state index in [4.69, 9.17) is 0 Å². The second kappa shape index (κ2) is 3.42. The Bertz CT molecular complexity index is 211. The molecule has 0 aromatic carbocycles. The van der Waals surface area contributed by atoms with Gasteiger partial charge < -0.3 is 5.32 Å². The molecular weight excluding hydrogens is 134 g/mol. The summed E-state index contributed by atoms with van der Waals surface area (Å²) < 4.78 is 0. The molecule has 1 heteroatoms. The quantitative estimate of drug-likeness (QED) is 0.635. The minimum absolute atomic E-state index is 0.624. The summed E-state index contributed by atoms with van der Waals surface area (Å²) in [5.41, 5.74) is 2.57. The maximum absolute atomic E-state index is 3.76. The molecule has 0 aliphatic carbocycles. The van der Waals surface area contributed by atoms with Crippen LogP contribution in [0.25, 0.3) is 0 Å². The minimum atomic E-state index is 0.624. The lowest BCUT2D eigenvalue weighted by Crippen LogP contribution is -2.08. The largest absolute Gasteiger partial charge is 0.384 e. The van der Waals surface area contributed by atoms with Gasteiger partial charge in [0.05, 0.1) is 0 Å². The van der Waals surface area contributed by atoms with E-state index >= 15 is 0 Å². The number of nitrogens with one attached hydrogen (secondary N) is 1. The first-order valence-electron chi connectivity index (χ1n) is 4.02. The molecule has 11 heavy (non-hydrogen) atoms. The Balaban J connectivity index is 2.89. The van der Waals surface area contributed by atoms with Gasteiger partial charge >= 0.3 is 0 Å². The molecule has 0 saturated heterocycles. The van der Waals surface area contributed by atoms with Gasteiger partial charge in [-0.05, 0) is 18.6 Å². The van der Waals surface area contributed by atoms with E-state index in [1.54, 1.807) is 0 Å². The molecule has 0 aromatic rings. The second-order valence-corrected chi connectivity index (χ2v) is 2.86. The Kier molecular flexibility index (Phi) is 2.53. The summed E-state index contributed by atoms with van der Waals surface area (Å²) in [6.45, 7) is 9.06. The third-order valence-electron chi connectivity index (χ3n) is 1.99. The smallest absolute Gasteiger partial charge is 0.0370 e. The second-order valence-electron chi connectivity index (χ2n) is 2.86. The van der Waals surface area contributed by atoms with E-state index in [2.05, 4.69) is 31.0 Å². The van der Waals surface area contributed by atoms with Gasteiger partial charge in [0, 0.05) is 18.2 Å². The molecule has 1 N–H and O–H groups in total. The first-order valence-corrected chi connectivity index (χ1v) is 4.02. The van der Waals surface area contributed by atoms with Gasteiger partial charge in [0.15, 0.2) is 0 Å². The fourth-order valence-electron chi connectivity index (χ4n) is 1.36. The first kappa shape index (κ1) is 8.12. The highest BCUT2D eigenvalue weighted by atomic mass is 14.9. The van der Waals surface area contributed by atoms with Crippen molar-refractivity contribution in [3.63, 3.8) is 0 Å². The van der Waals surface area contributed by atoms with Crippen LogP contribution in [0.2, 0.25) is 0 Å². The Hall–Kier alpha value is -0.980. The van der Waals surface area contributed by atoms with Crippen molar-refractivity contribution in [3.8, 4) is 0 Å². The molecule has 0 fully saturated rings. The van der Waals surface area contributed by atoms with Gasteiger partial charge in [0.25, 0.3) is 0 Å². The Morgan fingerprint density at radius 2 is 2.36 bits per heavy atom. The van der Waals surface area contributed by atoms with Crippen LogP contribution in [0.5, 0.6) is 0 Å². The standard InChI is InChI=1S/C10H15N/c1-4-6-9-8(3)7-11-10(9)5-2/h4-6,8,11H,2,7H2,1,3H3/b6-4-. The molecule has 1 unspecified atom stereocenters. The fraction of sp³-hybridized carbons (Fsp3) is 0.400. The summed E-state index contributed by atoms with van der Waals surface area (Å²) in [6, 6.07) is 0. The Morgan fingerprint density at radius 3 is 2.91 bits per heavy atom. The third kappa shape index (κ3) is 1.53. The highest BCUT2D eigenvalue weighted by molar-refractivity contribution is 5.36. The van der Waals surface area contributed by atoms with E-state index in [0.717, 1.165) is 6.54 Å². The third-order valence-corrected chi connectivity index (χ3v) is 1.99. The summed E-state index contributed by atoms with van der Waals surface area (Å²) in [4.78, 5) is 0. The summed E-state index contributed by atoms with van der Waals surface area (Å²) in [6.07, 6.45) is 6.11. The van der Waals surface area contributed by atoms with Crippen LogP contribution < -0.4 is 5.32 Å². The van der Waals surface area contributed by atoms with Crippen LogP contribution in [-0.2, 0) is 0 Å². The lowest BCUT2D eigenvalue weighted by Gasteiger charge is -2.00. The summed E-state index contributed by atoms with van der Waals surface area (Å²) in [5.74, 6) is 0.624. The van der Waals surface area contributed by atoms with Crippen LogP contribution in [-0.4, -0.2) is 6.54 Å².